The highest BCUT2D eigenvalue weighted by atomic mass is 16.6. The van der Waals surface area contributed by atoms with Gasteiger partial charge in [-0.3, -0.25) is 14.4 Å². The predicted octanol–water partition coefficient (Wildman–Crippen LogP) is 22.7. The summed E-state index contributed by atoms with van der Waals surface area (Å²) in [5.74, 6) is -1.03. The molecule has 0 N–H and O–H groups in total. The number of ether oxygens (including phenoxy) is 3. The van der Waals surface area contributed by atoms with Gasteiger partial charge in [0.25, 0.3) is 0 Å². The molecular formula is C70H126O6. The summed E-state index contributed by atoms with van der Waals surface area (Å²) < 4.78 is 16.7. The summed E-state index contributed by atoms with van der Waals surface area (Å²) in [5, 5.41) is 0. The zero-order chi connectivity index (χ0) is 55.0. The molecule has 0 aromatic rings. The van der Waals surface area contributed by atoms with Crippen molar-refractivity contribution in [3.63, 3.8) is 0 Å². The average molecular weight is 1060 g/mol. The van der Waals surface area contributed by atoms with Gasteiger partial charge in [0.1, 0.15) is 13.2 Å². The highest BCUT2D eigenvalue weighted by Gasteiger charge is 2.19. The highest BCUT2D eigenvalue weighted by Crippen LogP contribution is 2.18. The lowest BCUT2D eigenvalue weighted by Gasteiger charge is -2.18. The predicted molar refractivity (Wildman–Crippen MR) is 330 cm³/mol. The summed E-state index contributed by atoms with van der Waals surface area (Å²) in [5.41, 5.74) is 0. The Labute approximate surface area is 472 Å². The van der Waals surface area contributed by atoms with E-state index in [0.717, 1.165) is 70.6 Å². The van der Waals surface area contributed by atoms with E-state index in [-0.39, 0.29) is 31.6 Å². The summed E-state index contributed by atoms with van der Waals surface area (Å²) >= 11 is 0. The van der Waals surface area contributed by atoms with Gasteiger partial charge >= 0.3 is 17.9 Å². The van der Waals surface area contributed by atoms with Crippen LogP contribution in [-0.4, -0.2) is 37.2 Å². The van der Waals surface area contributed by atoms with Gasteiger partial charge in [0.05, 0.1) is 6.42 Å². The van der Waals surface area contributed by atoms with E-state index in [0.29, 0.717) is 12.8 Å². The molecule has 0 fully saturated rings. The van der Waals surface area contributed by atoms with Crippen LogP contribution >= 0.6 is 0 Å². The lowest BCUT2D eigenvalue weighted by Crippen LogP contribution is -2.30. The molecule has 0 saturated heterocycles. The van der Waals surface area contributed by atoms with Crippen molar-refractivity contribution in [2.75, 3.05) is 13.2 Å². The first-order chi connectivity index (χ1) is 37.5. The van der Waals surface area contributed by atoms with Gasteiger partial charge in [-0.25, -0.2) is 0 Å². The zero-order valence-electron chi connectivity index (χ0n) is 50.8. The molecule has 0 radical (unpaired) electrons. The second-order valence-electron chi connectivity index (χ2n) is 22.4. The summed E-state index contributed by atoms with van der Waals surface area (Å²) in [6.45, 7) is 6.46. The minimum absolute atomic E-state index is 0.101. The van der Waals surface area contributed by atoms with Crippen molar-refractivity contribution in [1.29, 1.82) is 0 Å². The number of hydrogen-bond donors (Lipinski definition) is 0. The Morgan fingerprint density at radius 2 is 0.500 bits per heavy atom. The standard InChI is InChI=1S/C70H126O6/c1-4-7-10-13-16-19-21-23-25-26-27-28-29-30-31-32-33-34-35-36-37-38-39-40-41-42-43-45-46-48-51-54-57-60-63-69(72)75-66-67(65-74-68(71)62-59-56-53-50-18-15-12-9-6-3)76-70(73)64-61-58-55-52-49-47-44-24-22-20-17-14-11-8-5-2/h8,11,17,20,24,44,49,52,58,61,67H,4-7,9-10,12-16,18-19,21-23,25-43,45-48,50-51,53-57,59-60,62-66H2,1-3H3/b11-8-,20-17-,44-24-,52-49-,61-58-. The van der Waals surface area contributed by atoms with Crippen LogP contribution in [0, 0.1) is 0 Å². The first-order valence-electron chi connectivity index (χ1n) is 33.3. The first kappa shape index (κ1) is 73.1. The van der Waals surface area contributed by atoms with E-state index in [2.05, 4.69) is 69.4 Å². The number of allylic oxidation sites excluding steroid dienone is 9. The van der Waals surface area contributed by atoms with Crippen LogP contribution in [0.4, 0.5) is 0 Å². The van der Waals surface area contributed by atoms with E-state index in [4.69, 9.17) is 14.2 Å². The molecular weight excluding hydrogens is 937 g/mol. The van der Waals surface area contributed by atoms with Crippen LogP contribution in [0.5, 0.6) is 0 Å². The van der Waals surface area contributed by atoms with Gasteiger partial charge in [0.15, 0.2) is 6.10 Å². The summed E-state index contributed by atoms with van der Waals surface area (Å²) in [6.07, 6.45) is 83.1. The second-order valence-corrected chi connectivity index (χ2v) is 22.4. The van der Waals surface area contributed by atoms with Crippen molar-refractivity contribution >= 4 is 17.9 Å². The molecule has 0 aliphatic carbocycles. The topological polar surface area (TPSA) is 78.9 Å². The van der Waals surface area contributed by atoms with Gasteiger partial charge in [-0.15, -0.1) is 0 Å². The van der Waals surface area contributed by atoms with Crippen molar-refractivity contribution in [3.8, 4) is 0 Å². The van der Waals surface area contributed by atoms with E-state index in [1.54, 1.807) is 6.08 Å². The molecule has 0 heterocycles. The third kappa shape index (κ3) is 62.0. The van der Waals surface area contributed by atoms with E-state index >= 15 is 0 Å². The smallest absolute Gasteiger partial charge is 0.310 e. The number of rotatable bonds is 61. The highest BCUT2D eigenvalue weighted by molar-refractivity contribution is 5.72. The van der Waals surface area contributed by atoms with Crippen LogP contribution in [0.3, 0.4) is 0 Å². The maximum absolute atomic E-state index is 12.8. The SMILES string of the molecule is CC/C=C\C/C=C\C/C=C\C/C=C\C/C=C\CC(=O)OC(COC(=O)CCCCCCCCCCC)COC(=O)CCCCCCCCCCCCCCCCCCCCCCCCCCCCCCCCCCCC. The van der Waals surface area contributed by atoms with Crippen LogP contribution in [0.25, 0.3) is 0 Å². The minimum atomic E-state index is -0.825. The molecule has 6 nitrogen and oxygen atoms in total. The Kier molecular flexibility index (Phi) is 62.2. The largest absolute Gasteiger partial charge is 0.462 e. The van der Waals surface area contributed by atoms with Gasteiger partial charge in [-0.1, -0.05) is 345 Å². The van der Waals surface area contributed by atoms with Crippen molar-refractivity contribution in [1.82, 2.24) is 0 Å². The summed E-state index contributed by atoms with van der Waals surface area (Å²) in [7, 11) is 0. The average Bonchev–Trinajstić information content (AvgIpc) is 3.42. The fraction of sp³-hybridized carbons (Fsp3) is 0.814. The maximum Gasteiger partial charge on any atom is 0.310 e. The van der Waals surface area contributed by atoms with Crippen molar-refractivity contribution < 1.29 is 28.6 Å². The van der Waals surface area contributed by atoms with Gasteiger partial charge in [-0.05, 0) is 44.9 Å². The molecule has 0 aliphatic heterocycles. The van der Waals surface area contributed by atoms with E-state index in [9.17, 15) is 14.4 Å². The van der Waals surface area contributed by atoms with E-state index in [1.165, 1.54) is 238 Å². The van der Waals surface area contributed by atoms with Gasteiger partial charge in [0.2, 0.25) is 0 Å². The lowest BCUT2D eigenvalue weighted by molar-refractivity contribution is -0.166. The van der Waals surface area contributed by atoms with Gasteiger partial charge in [-0.2, -0.15) is 0 Å². The Bertz CT molecular complexity index is 1360. The molecule has 0 spiro atoms. The van der Waals surface area contributed by atoms with Gasteiger partial charge < -0.3 is 14.2 Å². The molecule has 0 rings (SSSR count). The van der Waals surface area contributed by atoms with Crippen LogP contribution < -0.4 is 0 Å². The number of hydrogen-bond acceptors (Lipinski definition) is 6. The number of carbonyl (C=O) groups excluding carboxylic acids is 3. The Morgan fingerprint density at radius 1 is 0.276 bits per heavy atom. The number of unbranched alkanes of at least 4 members (excludes halogenated alkanes) is 41. The fourth-order valence-electron chi connectivity index (χ4n) is 9.88. The molecule has 1 atom stereocenters. The molecule has 0 bridgehead atoms. The van der Waals surface area contributed by atoms with Gasteiger partial charge in [0, 0.05) is 12.8 Å². The molecule has 0 amide bonds. The number of esters is 3. The molecule has 1 unspecified atom stereocenters. The summed E-state index contributed by atoms with van der Waals surface area (Å²) in [6, 6.07) is 0. The fourth-order valence-corrected chi connectivity index (χ4v) is 9.88. The minimum Gasteiger partial charge on any atom is -0.462 e. The van der Waals surface area contributed by atoms with E-state index < -0.39 is 12.1 Å². The van der Waals surface area contributed by atoms with Crippen molar-refractivity contribution in [3.05, 3.63) is 60.8 Å². The third-order valence-corrected chi connectivity index (χ3v) is 14.8. The Balaban J connectivity index is 4.03. The lowest BCUT2D eigenvalue weighted by atomic mass is 10.0. The summed E-state index contributed by atoms with van der Waals surface area (Å²) in [4.78, 5) is 38.0. The third-order valence-electron chi connectivity index (χ3n) is 14.8. The zero-order valence-corrected chi connectivity index (χ0v) is 50.8. The Morgan fingerprint density at radius 3 is 0.750 bits per heavy atom. The number of carbonyl (C=O) groups is 3. The monoisotopic (exact) mass is 1060 g/mol. The molecule has 0 saturated carbocycles. The molecule has 6 heteroatoms. The molecule has 0 aliphatic rings. The van der Waals surface area contributed by atoms with Crippen LogP contribution in [0.2, 0.25) is 0 Å². The first-order valence-corrected chi connectivity index (χ1v) is 33.3. The molecule has 442 valence electrons. The van der Waals surface area contributed by atoms with Crippen LogP contribution in [0.15, 0.2) is 60.8 Å². The van der Waals surface area contributed by atoms with Crippen molar-refractivity contribution in [2.24, 2.45) is 0 Å². The maximum atomic E-state index is 12.8. The molecule has 0 aromatic heterocycles. The molecule has 76 heavy (non-hydrogen) atoms. The normalized spacial score (nSPS) is 12.4. The second kappa shape index (κ2) is 64.6. The quantitative estimate of drug-likeness (QED) is 0.0261. The van der Waals surface area contributed by atoms with E-state index in [1.807, 2.05) is 6.08 Å². The van der Waals surface area contributed by atoms with Crippen LogP contribution in [0.1, 0.15) is 348 Å². The Hall–Kier alpha value is -2.89. The molecule has 0 aromatic carbocycles. The van der Waals surface area contributed by atoms with Crippen LogP contribution in [-0.2, 0) is 28.6 Å². The van der Waals surface area contributed by atoms with Crippen molar-refractivity contribution in [2.45, 2.75) is 354 Å².